The molecule has 0 fully saturated rings. The summed E-state index contributed by atoms with van der Waals surface area (Å²) in [7, 11) is 2.41. The first-order chi connectivity index (χ1) is 19.3. The lowest BCUT2D eigenvalue weighted by molar-refractivity contribution is 0.200. The van der Waals surface area contributed by atoms with Crippen molar-refractivity contribution < 1.29 is 8.95 Å². The second-order valence-corrected chi connectivity index (χ2v) is 11.3. The average Bonchev–Trinajstić information content (AvgIpc) is 3.69. The largest absolute Gasteiger partial charge is 0.396 e. The molecule has 0 amide bonds. The van der Waals surface area contributed by atoms with Gasteiger partial charge in [0.05, 0.1) is 28.4 Å². The van der Waals surface area contributed by atoms with Crippen molar-refractivity contribution in [3.05, 3.63) is 96.1 Å². The lowest BCUT2D eigenvalue weighted by Gasteiger charge is -2.08. The Morgan fingerprint density at radius 2 is 1.80 bits per heavy atom. The SMILES string of the molecule is C=C=C=C.C=C=C=C=C=C=C.COCCCS(=O)c1sc2nc(-c3nccs3)cc(-c3cnc(C)n3C)c2c1N. The Morgan fingerprint density at radius 1 is 1.10 bits per heavy atom. The van der Waals surface area contributed by atoms with Gasteiger partial charge in [-0.2, -0.15) is 0 Å². The summed E-state index contributed by atoms with van der Waals surface area (Å²) >= 11 is 2.93. The summed E-state index contributed by atoms with van der Waals surface area (Å²) in [6.07, 6.45) is 4.31. The van der Waals surface area contributed by atoms with Crippen LogP contribution in [0.15, 0.2) is 94.5 Å². The minimum atomic E-state index is -1.20. The number of aryl methyl sites for hydroxylation is 1. The van der Waals surface area contributed by atoms with Crippen molar-refractivity contribution in [1.82, 2.24) is 19.5 Å². The molecular formula is C30H29N5O2S3. The monoisotopic (exact) mass is 587 g/mol. The fourth-order valence-corrected chi connectivity index (χ4v) is 6.45. The summed E-state index contributed by atoms with van der Waals surface area (Å²) in [5.74, 6) is 1.41. The van der Waals surface area contributed by atoms with Crippen LogP contribution in [0.5, 0.6) is 0 Å². The Balaban J connectivity index is 0.000000434. The molecule has 0 spiro atoms. The average molecular weight is 588 g/mol. The molecule has 40 heavy (non-hydrogen) atoms. The number of anilines is 1. The second kappa shape index (κ2) is 16.7. The summed E-state index contributed by atoms with van der Waals surface area (Å²) < 4.78 is 20.6. The predicted molar refractivity (Wildman–Crippen MR) is 167 cm³/mol. The third kappa shape index (κ3) is 8.40. The van der Waals surface area contributed by atoms with E-state index in [0.29, 0.717) is 28.7 Å². The van der Waals surface area contributed by atoms with Crippen molar-refractivity contribution in [3.63, 3.8) is 0 Å². The number of nitrogens with zero attached hydrogens (tertiary/aromatic N) is 4. The van der Waals surface area contributed by atoms with E-state index in [1.807, 2.05) is 36.2 Å². The third-order valence-electron chi connectivity index (χ3n) is 5.12. The first-order valence-electron chi connectivity index (χ1n) is 11.7. The molecule has 4 aromatic rings. The number of thiazole rings is 1. The van der Waals surface area contributed by atoms with Crippen molar-refractivity contribution in [3.8, 4) is 22.0 Å². The highest BCUT2D eigenvalue weighted by Gasteiger charge is 2.22. The number of ether oxygens (including phenoxy) is 1. The van der Waals surface area contributed by atoms with Crippen LogP contribution in [0.1, 0.15) is 12.2 Å². The van der Waals surface area contributed by atoms with Gasteiger partial charge in [0, 0.05) is 49.0 Å². The molecule has 0 bridgehead atoms. The van der Waals surface area contributed by atoms with Crippen LogP contribution >= 0.6 is 22.7 Å². The van der Waals surface area contributed by atoms with Crippen LogP contribution in [-0.2, 0) is 22.6 Å². The van der Waals surface area contributed by atoms with Crippen LogP contribution < -0.4 is 5.73 Å². The van der Waals surface area contributed by atoms with Gasteiger partial charge >= 0.3 is 0 Å². The molecule has 0 saturated heterocycles. The number of pyridine rings is 1. The Morgan fingerprint density at radius 3 is 2.33 bits per heavy atom. The number of aromatic nitrogens is 4. The number of rotatable bonds is 7. The van der Waals surface area contributed by atoms with Crippen molar-refractivity contribution in [1.29, 1.82) is 0 Å². The van der Waals surface area contributed by atoms with Gasteiger partial charge in [-0.1, -0.05) is 22.9 Å². The van der Waals surface area contributed by atoms with E-state index in [-0.39, 0.29) is 0 Å². The molecule has 2 N–H and O–H groups in total. The fraction of sp³-hybridized carbons (Fsp3) is 0.200. The molecule has 1 unspecified atom stereocenters. The van der Waals surface area contributed by atoms with Crippen LogP contribution in [0.2, 0.25) is 0 Å². The highest BCUT2D eigenvalue weighted by molar-refractivity contribution is 7.87. The minimum absolute atomic E-state index is 0.504. The number of hydrogen-bond acceptors (Lipinski definition) is 8. The zero-order chi connectivity index (χ0) is 29.5. The van der Waals surface area contributed by atoms with E-state index in [4.69, 9.17) is 15.5 Å². The maximum Gasteiger partial charge on any atom is 0.141 e. The summed E-state index contributed by atoms with van der Waals surface area (Å²) in [5.41, 5.74) is 26.3. The molecule has 0 aliphatic rings. The Bertz CT molecular complexity index is 1710. The number of fused-ring (bicyclic) bond motifs is 1. The molecule has 204 valence electrons. The number of methoxy groups -OCH3 is 1. The molecule has 10 heteroatoms. The molecule has 4 aromatic heterocycles. The van der Waals surface area contributed by atoms with Crippen molar-refractivity contribution in [2.45, 2.75) is 17.6 Å². The third-order valence-corrected chi connectivity index (χ3v) is 8.91. The number of imidazole rings is 1. The van der Waals surface area contributed by atoms with Crippen LogP contribution in [-0.4, -0.2) is 43.2 Å². The number of hydrogen-bond donors (Lipinski definition) is 1. The topological polar surface area (TPSA) is 95.9 Å². The zero-order valence-electron chi connectivity index (χ0n) is 22.7. The van der Waals surface area contributed by atoms with Gasteiger partial charge in [-0.15, -0.1) is 22.7 Å². The normalized spacial score (nSPS) is 10.1. The maximum absolute atomic E-state index is 12.9. The van der Waals surface area contributed by atoms with E-state index in [9.17, 15) is 4.21 Å². The standard InChI is InChI=1S/C19H21N5O2S3.C7H4.C4H4/c1-11-22-10-14(24(11)2)12-9-13(17-21-5-7-27-17)23-18-15(12)16(20)19(28-18)29(25)8-4-6-26-3;1-3-5-7-6-4-2;1-3-4-2/h5,7,9-10H,4,6,8,20H2,1-3H3;1-2H2;1-2H2. The van der Waals surface area contributed by atoms with Crippen LogP contribution in [0.3, 0.4) is 0 Å². The van der Waals surface area contributed by atoms with Crippen LogP contribution in [0.4, 0.5) is 5.69 Å². The minimum Gasteiger partial charge on any atom is -0.396 e. The molecule has 0 aliphatic heterocycles. The molecule has 0 saturated carbocycles. The van der Waals surface area contributed by atoms with Crippen molar-refractivity contribution in [2.75, 3.05) is 25.2 Å². The molecule has 0 aromatic carbocycles. The van der Waals surface area contributed by atoms with Gasteiger partial charge in [0.1, 0.15) is 25.6 Å². The van der Waals surface area contributed by atoms with Crippen LogP contribution in [0.25, 0.3) is 32.2 Å². The highest BCUT2D eigenvalue weighted by Crippen LogP contribution is 2.43. The van der Waals surface area contributed by atoms with E-state index in [0.717, 1.165) is 38.0 Å². The highest BCUT2D eigenvalue weighted by atomic mass is 32.2. The zero-order valence-corrected chi connectivity index (χ0v) is 25.1. The smallest absolute Gasteiger partial charge is 0.141 e. The van der Waals surface area contributed by atoms with Gasteiger partial charge in [0.15, 0.2) is 0 Å². The van der Waals surface area contributed by atoms with Crippen molar-refractivity contribution in [2.24, 2.45) is 7.05 Å². The Kier molecular flexibility index (Phi) is 13.4. The molecule has 7 nitrogen and oxygen atoms in total. The number of thiophene rings is 1. The van der Waals surface area contributed by atoms with Gasteiger partial charge in [-0.25, -0.2) is 15.0 Å². The van der Waals surface area contributed by atoms with E-state index in [1.54, 1.807) is 13.3 Å². The molecule has 4 heterocycles. The first kappa shape index (κ1) is 32.0. The second-order valence-electron chi connectivity index (χ2n) is 7.60. The molecule has 4 rings (SSSR count). The predicted octanol–water partition coefficient (Wildman–Crippen LogP) is 6.55. The summed E-state index contributed by atoms with van der Waals surface area (Å²) in [6.45, 7) is 15.4. The maximum atomic E-state index is 12.9. The Labute approximate surface area is 244 Å². The molecular weight excluding hydrogens is 559 g/mol. The first-order valence-corrected chi connectivity index (χ1v) is 14.7. The molecule has 0 radical (unpaired) electrons. The lowest BCUT2D eigenvalue weighted by Crippen LogP contribution is -2.02. The van der Waals surface area contributed by atoms with Gasteiger partial charge in [-0.05, 0) is 62.9 Å². The van der Waals surface area contributed by atoms with E-state index in [1.165, 1.54) is 22.7 Å². The fourth-order valence-electron chi connectivity index (χ4n) is 3.23. The molecule has 1 atom stereocenters. The van der Waals surface area contributed by atoms with Gasteiger partial charge < -0.3 is 15.0 Å². The lowest BCUT2D eigenvalue weighted by atomic mass is 10.1. The van der Waals surface area contributed by atoms with E-state index < -0.39 is 10.8 Å². The summed E-state index contributed by atoms with van der Waals surface area (Å²) in [4.78, 5) is 14.4. The summed E-state index contributed by atoms with van der Waals surface area (Å²) in [5, 5.41) is 3.59. The molecule has 0 aliphatic carbocycles. The van der Waals surface area contributed by atoms with E-state index in [2.05, 4.69) is 76.4 Å². The quantitative estimate of drug-likeness (QED) is 0.195. The van der Waals surface area contributed by atoms with Gasteiger partial charge in [0.25, 0.3) is 0 Å². The Hall–Kier alpha value is -4.20. The van der Waals surface area contributed by atoms with E-state index >= 15 is 0 Å². The van der Waals surface area contributed by atoms with Gasteiger partial charge in [-0.3, -0.25) is 4.21 Å². The van der Waals surface area contributed by atoms with Crippen LogP contribution in [0, 0.1) is 6.92 Å². The number of nitrogen functional groups attached to an aromatic ring is 1. The van der Waals surface area contributed by atoms with Crippen molar-refractivity contribution >= 4 is 49.4 Å². The number of nitrogens with two attached hydrogens (primary N) is 1. The van der Waals surface area contributed by atoms with Gasteiger partial charge in [0.2, 0.25) is 0 Å². The summed E-state index contributed by atoms with van der Waals surface area (Å²) in [6, 6.07) is 2.00.